The first-order chi connectivity index (χ1) is 8.14. The van der Waals surface area contributed by atoms with Gasteiger partial charge >= 0.3 is 0 Å². The van der Waals surface area contributed by atoms with E-state index in [1.807, 2.05) is 0 Å². The normalized spacial score (nSPS) is 24.5. The fourth-order valence-corrected chi connectivity index (χ4v) is 3.37. The van der Waals surface area contributed by atoms with Crippen molar-refractivity contribution >= 4 is 23.1 Å². The summed E-state index contributed by atoms with van der Waals surface area (Å²) in [4.78, 5) is 12.7. The molecular formula is C13H22N2OS. The molecule has 17 heavy (non-hydrogen) atoms. The zero-order chi connectivity index (χ0) is 12.3. The fourth-order valence-electron chi connectivity index (χ4n) is 3.11. The first-order valence-electron chi connectivity index (χ1n) is 6.76. The van der Waals surface area contributed by atoms with E-state index < -0.39 is 0 Å². The highest BCUT2D eigenvalue weighted by Gasteiger charge is 2.38. The maximum absolute atomic E-state index is 12.2. The summed E-state index contributed by atoms with van der Waals surface area (Å²) < 4.78 is 0. The van der Waals surface area contributed by atoms with Crippen LogP contribution in [0.2, 0.25) is 0 Å². The van der Waals surface area contributed by atoms with E-state index >= 15 is 0 Å². The molecule has 0 saturated heterocycles. The minimum atomic E-state index is -0.382. The largest absolute Gasteiger partial charge is 0.391 e. The second-order valence-corrected chi connectivity index (χ2v) is 5.92. The Morgan fingerprint density at radius 3 is 2.24 bits per heavy atom. The van der Waals surface area contributed by atoms with Gasteiger partial charge in [-0.1, -0.05) is 44.3 Å². The van der Waals surface area contributed by atoms with Gasteiger partial charge in [-0.2, -0.15) is 0 Å². The van der Waals surface area contributed by atoms with Gasteiger partial charge in [0.15, 0.2) is 0 Å². The van der Waals surface area contributed by atoms with Crippen LogP contribution < -0.4 is 11.1 Å². The number of hydrogen-bond acceptors (Lipinski definition) is 2. The molecule has 96 valence electrons. The van der Waals surface area contributed by atoms with Crippen LogP contribution >= 0.6 is 12.2 Å². The maximum atomic E-state index is 12.2. The highest BCUT2D eigenvalue weighted by atomic mass is 32.1. The van der Waals surface area contributed by atoms with Gasteiger partial charge in [0.05, 0.1) is 10.5 Å². The van der Waals surface area contributed by atoms with Gasteiger partial charge in [0.2, 0.25) is 5.91 Å². The van der Waals surface area contributed by atoms with Gasteiger partial charge in [0.1, 0.15) is 0 Å². The molecule has 3 N–H and O–H groups in total. The molecule has 0 unspecified atom stereocenters. The van der Waals surface area contributed by atoms with Crippen molar-refractivity contribution in [3.63, 3.8) is 0 Å². The Morgan fingerprint density at radius 1 is 1.12 bits per heavy atom. The zero-order valence-electron chi connectivity index (χ0n) is 10.3. The maximum Gasteiger partial charge on any atom is 0.223 e. The van der Waals surface area contributed by atoms with Gasteiger partial charge in [-0.3, -0.25) is 4.79 Å². The monoisotopic (exact) mass is 254 g/mol. The summed E-state index contributed by atoms with van der Waals surface area (Å²) in [7, 11) is 0. The van der Waals surface area contributed by atoms with Crippen LogP contribution in [0.5, 0.6) is 0 Å². The van der Waals surface area contributed by atoms with E-state index in [9.17, 15) is 4.79 Å². The van der Waals surface area contributed by atoms with Gasteiger partial charge in [0.25, 0.3) is 0 Å². The third-order valence-corrected chi connectivity index (χ3v) is 4.66. The highest BCUT2D eigenvalue weighted by Crippen LogP contribution is 2.31. The van der Waals surface area contributed by atoms with E-state index in [2.05, 4.69) is 5.32 Å². The number of carbonyl (C=O) groups is 1. The van der Waals surface area contributed by atoms with Crippen molar-refractivity contribution in [3.8, 4) is 0 Å². The Labute approximate surface area is 109 Å². The average Bonchev–Trinajstić information content (AvgIpc) is 2.83. The minimum absolute atomic E-state index is 0.178. The van der Waals surface area contributed by atoms with Gasteiger partial charge in [-0.05, 0) is 25.7 Å². The van der Waals surface area contributed by atoms with Crippen molar-refractivity contribution in [3.05, 3.63) is 0 Å². The Kier molecular flexibility index (Phi) is 4.02. The molecule has 3 nitrogen and oxygen atoms in total. The molecule has 4 heteroatoms. The number of amides is 1. The molecule has 0 bridgehead atoms. The van der Waals surface area contributed by atoms with Crippen LogP contribution in [0.4, 0.5) is 0 Å². The second-order valence-electron chi connectivity index (χ2n) is 5.48. The van der Waals surface area contributed by atoms with Crippen molar-refractivity contribution in [1.82, 2.24) is 5.32 Å². The molecule has 0 radical (unpaired) electrons. The molecule has 2 rings (SSSR count). The summed E-state index contributed by atoms with van der Waals surface area (Å²) in [6.45, 7) is 0. The number of rotatable bonds is 3. The summed E-state index contributed by atoms with van der Waals surface area (Å²) in [6, 6.07) is 0. The summed E-state index contributed by atoms with van der Waals surface area (Å²) >= 11 is 5.18. The lowest BCUT2D eigenvalue weighted by Crippen LogP contribution is -2.58. The van der Waals surface area contributed by atoms with Gasteiger partial charge in [-0.25, -0.2) is 0 Å². The van der Waals surface area contributed by atoms with Crippen LogP contribution in [0, 0.1) is 5.92 Å². The van der Waals surface area contributed by atoms with Crippen molar-refractivity contribution in [2.75, 3.05) is 0 Å². The number of carbonyl (C=O) groups excluding carboxylic acids is 1. The molecule has 0 atom stereocenters. The molecule has 0 aromatic heterocycles. The Hall–Kier alpha value is -0.640. The Bertz CT molecular complexity index is 305. The van der Waals surface area contributed by atoms with Crippen molar-refractivity contribution < 1.29 is 4.79 Å². The zero-order valence-corrected chi connectivity index (χ0v) is 11.2. The highest BCUT2D eigenvalue weighted by molar-refractivity contribution is 7.80. The average molecular weight is 254 g/mol. The Balaban J connectivity index is 2.01. The number of nitrogens with one attached hydrogen (secondary N) is 1. The molecule has 1 amide bonds. The molecule has 0 spiro atoms. The van der Waals surface area contributed by atoms with Crippen LogP contribution in [-0.4, -0.2) is 16.4 Å². The van der Waals surface area contributed by atoms with Gasteiger partial charge in [-0.15, -0.1) is 0 Å². The van der Waals surface area contributed by atoms with E-state index in [0.29, 0.717) is 4.99 Å². The number of thiocarbonyl (C=S) groups is 1. The summed E-state index contributed by atoms with van der Waals surface area (Å²) in [6.07, 6.45) is 9.70. The molecule has 2 aliphatic carbocycles. The summed E-state index contributed by atoms with van der Waals surface area (Å²) in [5, 5.41) is 3.17. The first kappa shape index (κ1) is 12.8. The Morgan fingerprint density at radius 2 is 1.71 bits per heavy atom. The van der Waals surface area contributed by atoms with Crippen molar-refractivity contribution in [1.29, 1.82) is 0 Å². The van der Waals surface area contributed by atoms with Crippen LogP contribution in [0.25, 0.3) is 0 Å². The topological polar surface area (TPSA) is 55.1 Å². The summed E-state index contributed by atoms with van der Waals surface area (Å²) in [5.41, 5.74) is 5.48. The molecule has 0 aromatic rings. The predicted molar refractivity (Wildman–Crippen MR) is 72.7 cm³/mol. The third kappa shape index (κ3) is 2.79. The van der Waals surface area contributed by atoms with Gasteiger partial charge in [0, 0.05) is 5.92 Å². The van der Waals surface area contributed by atoms with E-state index in [1.54, 1.807) is 0 Å². The SMILES string of the molecule is NC(=S)C1(NC(=O)C2CCCC2)CCCCC1. The van der Waals surface area contributed by atoms with Crippen LogP contribution in [0.1, 0.15) is 57.8 Å². The lowest BCUT2D eigenvalue weighted by atomic mass is 9.81. The molecule has 0 aromatic carbocycles. The second kappa shape index (κ2) is 5.34. The van der Waals surface area contributed by atoms with E-state index in [4.69, 9.17) is 18.0 Å². The molecule has 2 fully saturated rings. The number of nitrogens with two attached hydrogens (primary N) is 1. The molecule has 0 heterocycles. The van der Waals surface area contributed by atoms with Gasteiger partial charge < -0.3 is 11.1 Å². The molecule has 0 aliphatic heterocycles. The van der Waals surface area contributed by atoms with E-state index in [1.165, 1.54) is 19.3 Å². The van der Waals surface area contributed by atoms with E-state index in [0.717, 1.165) is 38.5 Å². The third-order valence-electron chi connectivity index (χ3n) is 4.27. The molecule has 2 saturated carbocycles. The van der Waals surface area contributed by atoms with Crippen LogP contribution in [0.15, 0.2) is 0 Å². The smallest absolute Gasteiger partial charge is 0.223 e. The van der Waals surface area contributed by atoms with Crippen LogP contribution in [0.3, 0.4) is 0 Å². The lowest BCUT2D eigenvalue weighted by molar-refractivity contribution is -0.126. The van der Waals surface area contributed by atoms with Crippen LogP contribution in [-0.2, 0) is 4.79 Å². The summed E-state index contributed by atoms with van der Waals surface area (Å²) in [5.74, 6) is 0.375. The van der Waals surface area contributed by atoms with Crippen molar-refractivity contribution in [2.24, 2.45) is 11.7 Å². The first-order valence-corrected chi connectivity index (χ1v) is 7.17. The number of hydrogen-bond donors (Lipinski definition) is 2. The predicted octanol–water partition coefficient (Wildman–Crippen LogP) is 2.28. The molecular weight excluding hydrogens is 232 g/mol. The van der Waals surface area contributed by atoms with Crippen molar-refractivity contribution in [2.45, 2.75) is 63.3 Å². The quantitative estimate of drug-likeness (QED) is 0.760. The molecule has 2 aliphatic rings. The lowest BCUT2D eigenvalue weighted by Gasteiger charge is -2.37. The van der Waals surface area contributed by atoms with E-state index in [-0.39, 0.29) is 17.4 Å². The fraction of sp³-hybridized carbons (Fsp3) is 0.846. The standard InChI is InChI=1S/C13H22N2OS/c14-12(17)13(8-4-1-5-9-13)15-11(16)10-6-2-3-7-10/h10H,1-9H2,(H2,14,17)(H,15,16). The minimum Gasteiger partial charge on any atom is -0.391 e.